The summed E-state index contributed by atoms with van der Waals surface area (Å²) in [6, 6.07) is 8.42. The fourth-order valence-electron chi connectivity index (χ4n) is 3.32. The number of hydrogen-bond donors (Lipinski definition) is 1. The molecule has 0 bridgehead atoms. The molecule has 7 nitrogen and oxygen atoms in total. The van der Waals surface area contributed by atoms with Crippen LogP contribution in [-0.2, 0) is 11.3 Å². The Bertz CT molecular complexity index is 874. The molecule has 1 fully saturated rings. The first-order valence-electron chi connectivity index (χ1n) is 10.3. The number of halogens is 2. The lowest BCUT2D eigenvalue weighted by Crippen LogP contribution is -2.49. The summed E-state index contributed by atoms with van der Waals surface area (Å²) >= 11 is 0. The van der Waals surface area contributed by atoms with E-state index in [1.165, 1.54) is 0 Å². The number of nitrogens with zero attached hydrogens (tertiary/aromatic N) is 4. The minimum absolute atomic E-state index is 0.0862. The molecule has 2 heterocycles. The second kappa shape index (κ2) is 9.55. The lowest BCUT2D eigenvalue weighted by molar-refractivity contribution is 0.0139. The van der Waals surface area contributed by atoms with Gasteiger partial charge < -0.3 is 15.0 Å². The van der Waals surface area contributed by atoms with Gasteiger partial charge in [-0.05, 0) is 38.8 Å². The predicted molar refractivity (Wildman–Crippen MR) is 114 cm³/mol. The molecule has 31 heavy (non-hydrogen) atoms. The number of nitrogens with one attached hydrogen (secondary N) is 1. The van der Waals surface area contributed by atoms with Crippen molar-refractivity contribution in [1.29, 1.82) is 0 Å². The van der Waals surface area contributed by atoms with Crippen LogP contribution in [0.3, 0.4) is 0 Å². The molecule has 2 aromatic rings. The van der Waals surface area contributed by atoms with Gasteiger partial charge >= 0.3 is 6.09 Å². The SMILES string of the molecule is CC(Nc1nc(F)cc(F)n1)c1ccc(CN2CCN(C(=O)OC(C)(C)C)CC2)cc1. The molecule has 3 rings (SSSR count). The van der Waals surface area contributed by atoms with Crippen LogP contribution in [-0.4, -0.2) is 57.6 Å². The molecule has 1 saturated heterocycles. The van der Waals surface area contributed by atoms with E-state index in [0.29, 0.717) is 19.2 Å². The quantitative estimate of drug-likeness (QED) is 0.720. The van der Waals surface area contributed by atoms with Crippen molar-refractivity contribution in [3.8, 4) is 0 Å². The number of rotatable bonds is 5. The van der Waals surface area contributed by atoms with Crippen molar-refractivity contribution in [2.24, 2.45) is 0 Å². The number of hydrogen-bond acceptors (Lipinski definition) is 6. The lowest BCUT2D eigenvalue weighted by atomic mass is 10.1. The van der Waals surface area contributed by atoms with E-state index in [9.17, 15) is 13.6 Å². The van der Waals surface area contributed by atoms with E-state index in [-0.39, 0.29) is 18.1 Å². The van der Waals surface area contributed by atoms with E-state index in [1.54, 1.807) is 4.90 Å². The number of carbonyl (C=O) groups excluding carboxylic acids is 1. The average molecular weight is 434 g/mol. The summed E-state index contributed by atoms with van der Waals surface area (Å²) in [5, 5.41) is 2.91. The largest absolute Gasteiger partial charge is 0.444 e. The third kappa shape index (κ3) is 6.85. The van der Waals surface area contributed by atoms with Crippen LogP contribution in [0, 0.1) is 11.9 Å². The van der Waals surface area contributed by atoms with Crippen LogP contribution in [0.1, 0.15) is 44.9 Å². The summed E-state index contributed by atoms with van der Waals surface area (Å²) in [5.74, 6) is -1.91. The maximum Gasteiger partial charge on any atom is 0.410 e. The number of aromatic nitrogens is 2. The van der Waals surface area contributed by atoms with E-state index >= 15 is 0 Å². The average Bonchev–Trinajstić information content (AvgIpc) is 2.67. The summed E-state index contributed by atoms with van der Waals surface area (Å²) in [4.78, 5) is 23.3. The van der Waals surface area contributed by atoms with Crippen molar-refractivity contribution in [1.82, 2.24) is 19.8 Å². The number of piperazine rings is 1. The normalized spacial score (nSPS) is 16.1. The third-order valence-corrected chi connectivity index (χ3v) is 4.92. The molecule has 1 atom stereocenters. The summed E-state index contributed by atoms with van der Waals surface area (Å²) < 4.78 is 31.9. The Morgan fingerprint density at radius 2 is 1.68 bits per heavy atom. The van der Waals surface area contributed by atoms with Gasteiger partial charge in [-0.25, -0.2) is 4.79 Å². The first-order chi connectivity index (χ1) is 14.6. The van der Waals surface area contributed by atoms with Crippen molar-refractivity contribution >= 4 is 12.0 Å². The highest BCUT2D eigenvalue weighted by molar-refractivity contribution is 5.68. The Balaban J connectivity index is 1.50. The smallest absolute Gasteiger partial charge is 0.410 e. The Morgan fingerprint density at radius 1 is 1.10 bits per heavy atom. The minimum Gasteiger partial charge on any atom is -0.444 e. The van der Waals surface area contributed by atoms with Gasteiger partial charge in [0, 0.05) is 38.8 Å². The summed E-state index contributed by atoms with van der Waals surface area (Å²) in [6.45, 7) is 11.1. The van der Waals surface area contributed by atoms with Gasteiger partial charge in [-0.3, -0.25) is 4.90 Å². The van der Waals surface area contributed by atoms with Crippen LogP contribution in [0.4, 0.5) is 19.5 Å². The standard InChI is InChI=1S/C22H29F2N5O2/c1-15(25-20-26-18(23)13-19(24)27-20)17-7-5-16(6-8-17)14-28-9-11-29(12-10-28)21(30)31-22(2,3)4/h5-8,13,15H,9-12,14H2,1-4H3,(H,25,26,27). The molecule has 1 N–H and O–H groups in total. The molecule has 1 amide bonds. The monoisotopic (exact) mass is 433 g/mol. The molecule has 168 valence electrons. The summed E-state index contributed by atoms with van der Waals surface area (Å²) in [5.41, 5.74) is 1.61. The zero-order valence-electron chi connectivity index (χ0n) is 18.4. The highest BCUT2D eigenvalue weighted by Crippen LogP contribution is 2.19. The lowest BCUT2D eigenvalue weighted by Gasteiger charge is -2.35. The van der Waals surface area contributed by atoms with Crippen LogP contribution in [0.15, 0.2) is 30.3 Å². The first-order valence-corrected chi connectivity index (χ1v) is 10.3. The van der Waals surface area contributed by atoms with Crippen LogP contribution in [0.2, 0.25) is 0 Å². The molecule has 1 aliphatic heterocycles. The van der Waals surface area contributed by atoms with Gasteiger partial charge in [-0.1, -0.05) is 24.3 Å². The van der Waals surface area contributed by atoms with Gasteiger partial charge in [-0.15, -0.1) is 0 Å². The Labute approximate surface area is 181 Å². The van der Waals surface area contributed by atoms with E-state index < -0.39 is 17.5 Å². The number of anilines is 1. The predicted octanol–water partition coefficient (Wildman–Crippen LogP) is 3.98. The molecule has 1 unspecified atom stereocenters. The Morgan fingerprint density at radius 3 is 2.23 bits per heavy atom. The van der Waals surface area contributed by atoms with Crippen molar-refractivity contribution < 1.29 is 18.3 Å². The Hall–Kier alpha value is -2.81. The zero-order chi connectivity index (χ0) is 22.6. The third-order valence-electron chi connectivity index (χ3n) is 4.92. The molecule has 0 spiro atoms. The molecule has 1 aliphatic rings. The van der Waals surface area contributed by atoms with Crippen LogP contribution >= 0.6 is 0 Å². The van der Waals surface area contributed by atoms with Gasteiger partial charge in [0.2, 0.25) is 17.8 Å². The topological polar surface area (TPSA) is 70.6 Å². The fraction of sp³-hybridized carbons (Fsp3) is 0.500. The molecule has 0 aliphatic carbocycles. The second-order valence-corrected chi connectivity index (χ2v) is 8.69. The van der Waals surface area contributed by atoms with Crippen molar-refractivity contribution in [2.45, 2.75) is 45.9 Å². The maximum atomic E-state index is 13.2. The molecule has 1 aromatic carbocycles. The highest BCUT2D eigenvalue weighted by Gasteiger charge is 2.25. The van der Waals surface area contributed by atoms with Gasteiger partial charge in [0.05, 0.1) is 6.04 Å². The fourth-order valence-corrected chi connectivity index (χ4v) is 3.32. The van der Waals surface area contributed by atoms with E-state index in [4.69, 9.17) is 4.74 Å². The molecule has 1 aromatic heterocycles. The van der Waals surface area contributed by atoms with Gasteiger partial charge in [0.1, 0.15) is 5.60 Å². The van der Waals surface area contributed by atoms with Crippen molar-refractivity contribution in [3.05, 3.63) is 53.4 Å². The molecule has 0 radical (unpaired) electrons. The maximum absolute atomic E-state index is 13.2. The second-order valence-electron chi connectivity index (χ2n) is 8.69. The molecule has 9 heteroatoms. The molecule has 0 saturated carbocycles. The van der Waals surface area contributed by atoms with Crippen molar-refractivity contribution in [3.63, 3.8) is 0 Å². The number of ether oxygens (including phenoxy) is 1. The van der Waals surface area contributed by atoms with E-state index in [0.717, 1.165) is 30.8 Å². The molecular weight excluding hydrogens is 404 g/mol. The van der Waals surface area contributed by atoms with Crippen LogP contribution < -0.4 is 5.32 Å². The van der Waals surface area contributed by atoms with Gasteiger partial charge in [0.15, 0.2) is 0 Å². The zero-order valence-corrected chi connectivity index (χ0v) is 18.4. The van der Waals surface area contributed by atoms with E-state index in [1.807, 2.05) is 52.0 Å². The van der Waals surface area contributed by atoms with Crippen LogP contribution in [0.5, 0.6) is 0 Å². The van der Waals surface area contributed by atoms with Crippen LogP contribution in [0.25, 0.3) is 0 Å². The minimum atomic E-state index is -0.913. The number of carbonyl (C=O) groups is 1. The summed E-state index contributed by atoms with van der Waals surface area (Å²) in [7, 11) is 0. The van der Waals surface area contributed by atoms with Crippen molar-refractivity contribution in [2.75, 3.05) is 31.5 Å². The molecular formula is C22H29F2N5O2. The summed E-state index contributed by atoms with van der Waals surface area (Å²) in [6.07, 6.45) is -0.264. The number of amides is 1. The van der Waals surface area contributed by atoms with E-state index in [2.05, 4.69) is 20.2 Å². The first kappa shape index (κ1) is 22.9. The van der Waals surface area contributed by atoms with Gasteiger partial charge in [0.25, 0.3) is 0 Å². The van der Waals surface area contributed by atoms with Gasteiger partial charge in [-0.2, -0.15) is 18.7 Å². The number of benzene rings is 1. The Kier molecular flexibility index (Phi) is 7.04. The highest BCUT2D eigenvalue weighted by atomic mass is 19.1.